The molecule has 0 radical (unpaired) electrons. The maximum absolute atomic E-state index is 11.2. The van der Waals surface area contributed by atoms with Gasteiger partial charge in [-0.25, -0.2) is 9.68 Å². The lowest BCUT2D eigenvalue weighted by atomic mass is 9.91. The summed E-state index contributed by atoms with van der Waals surface area (Å²) in [5, 5.41) is 8.76. The Labute approximate surface area is 84.4 Å². The summed E-state index contributed by atoms with van der Waals surface area (Å²) >= 11 is 0. The van der Waals surface area contributed by atoms with E-state index >= 15 is 0 Å². The van der Waals surface area contributed by atoms with Crippen molar-refractivity contribution in [2.24, 2.45) is 0 Å². The summed E-state index contributed by atoms with van der Waals surface area (Å²) < 4.78 is 4.51. The second-order valence-electron chi connectivity index (χ2n) is 3.40. The summed E-state index contributed by atoms with van der Waals surface area (Å²) in [5.41, 5.74) is -0.903. The van der Waals surface area contributed by atoms with Crippen molar-refractivity contribution in [3.63, 3.8) is 0 Å². The molecule has 1 atom stereocenters. The van der Waals surface area contributed by atoms with Gasteiger partial charge in [0.05, 0.1) is 12.7 Å². The lowest BCUT2D eigenvalue weighted by Gasteiger charge is -2.26. The van der Waals surface area contributed by atoms with E-state index in [-0.39, 0.29) is 5.57 Å². The van der Waals surface area contributed by atoms with Gasteiger partial charge in [0.2, 0.25) is 0 Å². The number of esters is 1. The summed E-state index contributed by atoms with van der Waals surface area (Å²) in [5.74, 6) is -0.558. The first-order chi connectivity index (χ1) is 6.51. The molecule has 14 heavy (non-hydrogen) atoms. The molecule has 0 aliphatic heterocycles. The Bertz CT molecular complexity index is 212. The molecule has 0 saturated carbocycles. The molecule has 0 spiro atoms. The van der Waals surface area contributed by atoms with Gasteiger partial charge < -0.3 is 4.74 Å². The SMILES string of the molecule is C=C(C(=O)OC)C(C)(CCCC)OO. The van der Waals surface area contributed by atoms with Crippen LogP contribution in [0.4, 0.5) is 0 Å². The standard InChI is InChI=1S/C10H18O4/c1-5-6-7-10(3,14-12)8(2)9(11)13-4/h12H,2,5-7H2,1,3-4H3. The van der Waals surface area contributed by atoms with Gasteiger partial charge >= 0.3 is 5.97 Å². The highest BCUT2D eigenvalue weighted by molar-refractivity contribution is 5.89. The van der Waals surface area contributed by atoms with Gasteiger partial charge in [-0.3, -0.25) is 5.26 Å². The molecule has 0 aliphatic carbocycles. The van der Waals surface area contributed by atoms with E-state index in [9.17, 15) is 4.79 Å². The maximum atomic E-state index is 11.2. The van der Waals surface area contributed by atoms with Crippen molar-refractivity contribution in [3.8, 4) is 0 Å². The molecular formula is C10H18O4. The molecule has 0 heterocycles. The fourth-order valence-corrected chi connectivity index (χ4v) is 1.10. The van der Waals surface area contributed by atoms with Crippen LogP contribution in [0.5, 0.6) is 0 Å². The van der Waals surface area contributed by atoms with Crippen LogP contribution in [-0.2, 0) is 14.4 Å². The van der Waals surface area contributed by atoms with Crippen molar-refractivity contribution in [1.29, 1.82) is 0 Å². The number of methoxy groups -OCH3 is 1. The zero-order chi connectivity index (χ0) is 11.2. The molecule has 1 N–H and O–H groups in total. The van der Waals surface area contributed by atoms with Gasteiger partial charge in [0.25, 0.3) is 0 Å². The van der Waals surface area contributed by atoms with E-state index < -0.39 is 11.6 Å². The molecule has 1 unspecified atom stereocenters. The van der Waals surface area contributed by atoms with Crippen molar-refractivity contribution in [2.75, 3.05) is 7.11 Å². The van der Waals surface area contributed by atoms with E-state index in [1.54, 1.807) is 6.92 Å². The Hall–Kier alpha value is -0.870. The predicted octanol–water partition coefficient (Wildman–Crippen LogP) is 2.15. The lowest BCUT2D eigenvalue weighted by Crippen LogP contribution is -2.34. The number of carbonyl (C=O) groups excluding carboxylic acids is 1. The topological polar surface area (TPSA) is 55.8 Å². The molecule has 82 valence electrons. The highest BCUT2D eigenvalue weighted by Gasteiger charge is 2.33. The summed E-state index contributed by atoms with van der Waals surface area (Å²) in [6, 6.07) is 0. The van der Waals surface area contributed by atoms with Crippen LogP contribution >= 0.6 is 0 Å². The van der Waals surface area contributed by atoms with E-state index in [4.69, 9.17) is 5.26 Å². The van der Waals surface area contributed by atoms with E-state index in [1.165, 1.54) is 7.11 Å². The highest BCUT2D eigenvalue weighted by Crippen LogP contribution is 2.26. The van der Waals surface area contributed by atoms with Crippen LogP contribution in [0.2, 0.25) is 0 Å². The van der Waals surface area contributed by atoms with E-state index in [0.29, 0.717) is 6.42 Å². The Kier molecular flexibility index (Phi) is 5.42. The Balaban J connectivity index is 4.50. The Morgan fingerprint density at radius 3 is 2.50 bits per heavy atom. The maximum Gasteiger partial charge on any atom is 0.336 e. The van der Waals surface area contributed by atoms with Gasteiger partial charge in [-0.2, -0.15) is 0 Å². The van der Waals surface area contributed by atoms with E-state index in [1.807, 2.05) is 6.92 Å². The number of carbonyl (C=O) groups is 1. The van der Waals surface area contributed by atoms with E-state index in [0.717, 1.165) is 12.8 Å². The van der Waals surface area contributed by atoms with Crippen molar-refractivity contribution in [2.45, 2.75) is 38.7 Å². The van der Waals surface area contributed by atoms with Gasteiger partial charge in [-0.05, 0) is 13.3 Å². The van der Waals surface area contributed by atoms with Crippen molar-refractivity contribution >= 4 is 5.97 Å². The third-order valence-electron chi connectivity index (χ3n) is 2.28. The summed E-state index contributed by atoms with van der Waals surface area (Å²) in [6.45, 7) is 7.19. The zero-order valence-electron chi connectivity index (χ0n) is 9.00. The molecule has 0 rings (SSSR count). The van der Waals surface area contributed by atoms with Gasteiger partial charge in [-0.1, -0.05) is 26.3 Å². The fraction of sp³-hybridized carbons (Fsp3) is 0.700. The molecular weight excluding hydrogens is 184 g/mol. The van der Waals surface area contributed by atoms with Crippen molar-refractivity contribution < 1.29 is 19.7 Å². The molecule has 4 nitrogen and oxygen atoms in total. The molecule has 0 aliphatic rings. The van der Waals surface area contributed by atoms with Crippen LogP contribution in [0.1, 0.15) is 33.1 Å². The minimum Gasteiger partial charge on any atom is -0.466 e. The summed E-state index contributed by atoms with van der Waals surface area (Å²) in [4.78, 5) is 15.5. The average Bonchev–Trinajstić information content (AvgIpc) is 2.23. The van der Waals surface area contributed by atoms with Gasteiger partial charge in [0.15, 0.2) is 0 Å². The van der Waals surface area contributed by atoms with Crippen LogP contribution in [0.15, 0.2) is 12.2 Å². The third kappa shape index (κ3) is 3.12. The van der Waals surface area contributed by atoms with Crippen molar-refractivity contribution in [3.05, 3.63) is 12.2 Å². The smallest absolute Gasteiger partial charge is 0.336 e. The number of hydrogen-bond acceptors (Lipinski definition) is 4. The first kappa shape index (κ1) is 13.1. The summed E-state index contributed by atoms with van der Waals surface area (Å²) in [7, 11) is 1.27. The van der Waals surface area contributed by atoms with Crippen LogP contribution < -0.4 is 0 Å². The molecule has 0 aromatic heterocycles. The second-order valence-corrected chi connectivity index (χ2v) is 3.40. The lowest BCUT2D eigenvalue weighted by molar-refractivity contribution is -0.307. The Morgan fingerprint density at radius 2 is 2.14 bits per heavy atom. The quantitative estimate of drug-likeness (QED) is 0.310. The molecule has 4 heteroatoms. The monoisotopic (exact) mass is 202 g/mol. The van der Waals surface area contributed by atoms with Crippen LogP contribution in [-0.4, -0.2) is 23.9 Å². The van der Waals surface area contributed by atoms with Gasteiger partial charge in [-0.15, -0.1) is 0 Å². The number of rotatable bonds is 6. The number of unbranched alkanes of at least 4 members (excludes halogenated alkanes) is 1. The third-order valence-corrected chi connectivity index (χ3v) is 2.28. The fourth-order valence-electron chi connectivity index (χ4n) is 1.10. The molecule has 0 aromatic carbocycles. The summed E-state index contributed by atoms with van der Waals surface area (Å²) in [6.07, 6.45) is 2.33. The normalized spacial score (nSPS) is 14.6. The molecule has 0 fully saturated rings. The van der Waals surface area contributed by atoms with Crippen LogP contribution in [0.3, 0.4) is 0 Å². The minimum atomic E-state index is -1.04. The Morgan fingerprint density at radius 1 is 1.57 bits per heavy atom. The minimum absolute atomic E-state index is 0.135. The first-order valence-electron chi connectivity index (χ1n) is 4.62. The van der Waals surface area contributed by atoms with Crippen LogP contribution in [0, 0.1) is 0 Å². The van der Waals surface area contributed by atoms with Gasteiger partial charge in [0.1, 0.15) is 5.60 Å². The average molecular weight is 202 g/mol. The number of hydrogen-bond donors (Lipinski definition) is 1. The van der Waals surface area contributed by atoms with Gasteiger partial charge in [0, 0.05) is 0 Å². The second kappa shape index (κ2) is 5.78. The first-order valence-corrected chi connectivity index (χ1v) is 4.62. The largest absolute Gasteiger partial charge is 0.466 e. The number of ether oxygens (including phenoxy) is 1. The zero-order valence-corrected chi connectivity index (χ0v) is 9.00. The molecule has 0 bridgehead atoms. The molecule has 0 amide bonds. The van der Waals surface area contributed by atoms with Crippen LogP contribution in [0.25, 0.3) is 0 Å². The van der Waals surface area contributed by atoms with Crippen molar-refractivity contribution in [1.82, 2.24) is 0 Å². The predicted molar refractivity (Wildman–Crippen MR) is 52.8 cm³/mol. The molecule has 0 saturated heterocycles. The van der Waals surface area contributed by atoms with E-state index in [2.05, 4.69) is 16.2 Å². The highest BCUT2D eigenvalue weighted by atomic mass is 17.1. The molecule has 0 aromatic rings.